The molecule has 4 nitrogen and oxygen atoms in total. The van der Waals surface area contributed by atoms with Crippen LogP contribution >= 0.6 is 0 Å². The van der Waals surface area contributed by atoms with Crippen LogP contribution in [0.5, 0.6) is 0 Å². The first kappa shape index (κ1) is 11.1. The van der Waals surface area contributed by atoms with Crippen molar-refractivity contribution in [2.45, 2.75) is 0 Å². The van der Waals surface area contributed by atoms with Crippen LogP contribution in [0, 0.1) is 0 Å². The Balaban J connectivity index is 2.90. The zero-order valence-corrected chi connectivity index (χ0v) is 8.64. The molecule has 0 saturated heterocycles. The molecule has 0 atom stereocenters. The van der Waals surface area contributed by atoms with E-state index in [4.69, 9.17) is 10.2 Å². The molecule has 2 N–H and O–H groups in total. The SMILES string of the molecule is CN(C)c1ccc(C=C(O)C(=O)O)cc1. The maximum absolute atomic E-state index is 10.4. The molecule has 0 heterocycles. The lowest BCUT2D eigenvalue weighted by atomic mass is 10.2. The first-order valence-corrected chi connectivity index (χ1v) is 4.42. The van der Waals surface area contributed by atoms with Crippen molar-refractivity contribution in [2.24, 2.45) is 0 Å². The molecule has 1 aromatic carbocycles. The molecule has 0 bridgehead atoms. The van der Waals surface area contributed by atoms with E-state index in [1.807, 2.05) is 31.1 Å². The number of carboxylic acids is 1. The van der Waals surface area contributed by atoms with Gasteiger partial charge in [0.15, 0.2) is 0 Å². The summed E-state index contributed by atoms with van der Waals surface area (Å²) in [4.78, 5) is 12.3. The van der Waals surface area contributed by atoms with Crippen LogP contribution in [0.1, 0.15) is 5.56 Å². The Morgan fingerprint density at radius 1 is 1.20 bits per heavy atom. The highest BCUT2D eigenvalue weighted by molar-refractivity contribution is 5.89. The van der Waals surface area contributed by atoms with Crippen LogP contribution in [-0.4, -0.2) is 30.3 Å². The van der Waals surface area contributed by atoms with Gasteiger partial charge in [0, 0.05) is 19.8 Å². The lowest BCUT2D eigenvalue weighted by molar-refractivity contribution is -0.135. The molecule has 0 spiro atoms. The van der Waals surface area contributed by atoms with Crippen LogP contribution in [0.2, 0.25) is 0 Å². The third-order valence-corrected chi connectivity index (χ3v) is 1.93. The first-order chi connectivity index (χ1) is 7.00. The summed E-state index contributed by atoms with van der Waals surface area (Å²) in [6, 6.07) is 7.19. The maximum atomic E-state index is 10.4. The molecular formula is C11H13NO3. The number of carbonyl (C=O) groups is 1. The van der Waals surface area contributed by atoms with E-state index in [-0.39, 0.29) is 0 Å². The van der Waals surface area contributed by atoms with E-state index in [2.05, 4.69) is 0 Å². The highest BCUT2D eigenvalue weighted by atomic mass is 16.4. The van der Waals surface area contributed by atoms with E-state index in [9.17, 15) is 4.79 Å². The second kappa shape index (κ2) is 4.50. The number of aliphatic carboxylic acids is 1. The zero-order chi connectivity index (χ0) is 11.4. The number of benzene rings is 1. The van der Waals surface area contributed by atoms with E-state index >= 15 is 0 Å². The molecule has 0 unspecified atom stereocenters. The number of aliphatic hydroxyl groups excluding tert-OH is 1. The van der Waals surface area contributed by atoms with Crippen LogP contribution in [0.25, 0.3) is 6.08 Å². The van der Waals surface area contributed by atoms with Crippen molar-refractivity contribution in [3.63, 3.8) is 0 Å². The van der Waals surface area contributed by atoms with Crippen LogP contribution in [-0.2, 0) is 4.79 Å². The van der Waals surface area contributed by atoms with Gasteiger partial charge in [-0.15, -0.1) is 0 Å². The second-order valence-corrected chi connectivity index (χ2v) is 3.32. The lowest BCUT2D eigenvalue weighted by Gasteiger charge is -2.11. The average molecular weight is 207 g/mol. The Morgan fingerprint density at radius 2 is 1.73 bits per heavy atom. The average Bonchev–Trinajstić information content (AvgIpc) is 2.18. The second-order valence-electron chi connectivity index (χ2n) is 3.32. The van der Waals surface area contributed by atoms with Gasteiger partial charge in [-0.25, -0.2) is 4.79 Å². The monoisotopic (exact) mass is 207 g/mol. The van der Waals surface area contributed by atoms with Gasteiger partial charge in [-0.3, -0.25) is 0 Å². The largest absolute Gasteiger partial charge is 0.502 e. The molecule has 0 aromatic heterocycles. The number of carboxylic acid groups (broad SMARTS) is 1. The first-order valence-electron chi connectivity index (χ1n) is 4.42. The van der Waals surface area contributed by atoms with Crippen molar-refractivity contribution in [1.82, 2.24) is 0 Å². The van der Waals surface area contributed by atoms with Crippen LogP contribution in [0.4, 0.5) is 5.69 Å². The van der Waals surface area contributed by atoms with Crippen LogP contribution in [0.3, 0.4) is 0 Å². The molecule has 15 heavy (non-hydrogen) atoms. The van der Waals surface area contributed by atoms with Crippen molar-refractivity contribution >= 4 is 17.7 Å². The third kappa shape index (κ3) is 3.02. The minimum atomic E-state index is -1.33. The summed E-state index contributed by atoms with van der Waals surface area (Å²) in [6.45, 7) is 0. The molecular weight excluding hydrogens is 194 g/mol. The number of rotatable bonds is 3. The van der Waals surface area contributed by atoms with Gasteiger partial charge in [0.25, 0.3) is 0 Å². The van der Waals surface area contributed by atoms with Gasteiger partial charge < -0.3 is 15.1 Å². The molecule has 0 radical (unpaired) electrons. The van der Waals surface area contributed by atoms with E-state index in [0.717, 1.165) is 5.69 Å². The summed E-state index contributed by atoms with van der Waals surface area (Å²) >= 11 is 0. The van der Waals surface area contributed by atoms with E-state index in [1.165, 1.54) is 6.08 Å². The van der Waals surface area contributed by atoms with Gasteiger partial charge in [-0.05, 0) is 23.8 Å². The molecule has 4 heteroatoms. The number of nitrogens with zero attached hydrogens (tertiary/aromatic N) is 1. The van der Waals surface area contributed by atoms with Crippen molar-refractivity contribution in [3.8, 4) is 0 Å². The zero-order valence-electron chi connectivity index (χ0n) is 8.64. The fourth-order valence-corrected chi connectivity index (χ4v) is 1.09. The number of anilines is 1. The lowest BCUT2D eigenvalue weighted by Crippen LogP contribution is -2.08. The van der Waals surface area contributed by atoms with E-state index in [1.54, 1.807) is 12.1 Å². The van der Waals surface area contributed by atoms with Crippen molar-refractivity contribution in [1.29, 1.82) is 0 Å². The van der Waals surface area contributed by atoms with Gasteiger partial charge in [0.1, 0.15) is 0 Å². The molecule has 0 fully saturated rings. The summed E-state index contributed by atoms with van der Waals surface area (Å²) < 4.78 is 0. The van der Waals surface area contributed by atoms with Crippen LogP contribution in [0.15, 0.2) is 30.0 Å². The molecule has 1 aromatic rings. The highest BCUT2D eigenvalue weighted by Crippen LogP contribution is 2.13. The topological polar surface area (TPSA) is 60.8 Å². The molecule has 1 rings (SSSR count). The predicted molar refractivity (Wildman–Crippen MR) is 59.0 cm³/mol. The van der Waals surface area contributed by atoms with E-state index in [0.29, 0.717) is 5.56 Å². The summed E-state index contributed by atoms with van der Waals surface area (Å²) in [5.74, 6) is -1.99. The normalized spacial score (nSPS) is 11.2. The molecule has 0 aliphatic rings. The van der Waals surface area contributed by atoms with Gasteiger partial charge in [0.2, 0.25) is 5.76 Å². The van der Waals surface area contributed by atoms with Gasteiger partial charge in [0.05, 0.1) is 0 Å². The number of aliphatic hydroxyl groups is 1. The van der Waals surface area contributed by atoms with E-state index < -0.39 is 11.7 Å². The third-order valence-electron chi connectivity index (χ3n) is 1.93. The molecule has 0 amide bonds. The summed E-state index contributed by atoms with van der Waals surface area (Å²) in [7, 11) is 3.83. The highest BCUT2D eigenvalue weighted by Gasteiger charge is 2.03. The Labute approximate surface area is 88.1 Å². The Morgan fingerprint density at radius 3 is 2.13 bits per heavy atom. The predicted octanol–water partition coefficient (Wildman–Crippen LogP) is 1.74. The summed E-state index contributed by atoms with van der Waals surface area (Å²) in [5, 5.41) is 17.5. The smallest absolute Gasteiger partial charge is 0.370 e. The Kier molecular flexibility index (Phi) is 3.33. The molecule has 80 valence electrons. The quantitative estimate of drug-likeness (QED) is 0.585. The van der Waals surface area contributed by atoms with Crippen molar-refractivity contribution in [2.75, 3.05) is 19.0 Å². The van der Waals surface area contributed by atoms with Gasteiger partial charge in [-0.2, -0.15) is 0 Å². The Bertz CT molecular complexity index is 379. The molecule has 0 saturated carbocycles. The molecule has 0 aliphatic carbocycles. The van der Waals surface area contributed by atoms with Crippen molar-refractivity contribution in [3.05, 3.63) is 35.6 Å². The maximum Gasteiger partial charge on any atom is 0.370 e. The van der Waals surface area contributed by atoms with Gasteiger partial charge in [-0.1, -0.05) is 12.1 Å². The molecule has 0 aliphatic heterocycles. The minimum Gasteiger partial charge on any atom is -0.502 e. The number of hydrogen-bond donors (Lipinski definition) is 2. The van der Waals surface area contributed by atoms with Gasteiger partial charge >= 0.3 is 5.97 Å². The standard InChI is InChI=1S/C11H13NO3/c1-12(2)9-5-3-8(4-6-9)7-10(13)11(14)15/h3-7,13H,1-2H3,(H,14,15). The Hall–Kier alpha value is -1.97. The minimum absolute atomic E-state index is 0.653. The van der Waals surface area contributed by atoms with Crippen LogP contribution < -0.4 is 4.90 Å². The fraction of sp³-hybridized carbons (Fsp3) is 0.182. The summed E-state index contributed by atoms with van der Waals surface area (Å²) in [6.07, 6.45) is 1.21. The number of hydrogen-bond acceptors (Lipinski definition) is 3. The fourth-order valence-electron chi connectivity index (χ4n) is 1.09. The van der Waals surface area contributed by atoms with Crippen molar-refractivity contribution < 1.29 is 15.0 Å². The summed E-state index contributed by atoms with van der Waals surface area (Å²) in [5.41, 5.74) is 1.67.